The van der Waals surface area contributed by atoms with E-state index < -0.39 is 11.7 Å². The largest absolute Gasteiger partial charge is 0.495 e. The zero-order valence-corrected chi connectivity index (χ0v) is 23.4. The van der Waals surface area contributed by atoms with Gasteiger partial charge in [0, 0.05) is 24.2 Å². The molecule has 0 bridgehead atoms. The summed E-state index contributed by atoms with van der Waals surface area (Å²) < 4.78 is 20.4. The Bertz CT molecular complexity index is 1060. The summed E-state index contributed by atoms with van der Waals surface area (Å²) in [5, 5.41) is 13.0. The number of likely N-dealkylation sites (tertiary alicyclic amines) is 1. The summed E-state index contributed by atoms with van der Waals surface area (Å²) in [6.45, 7) is 1.79. The van der Waals surface area contributed by atoms with Crippen molar-refractivity contribution in [2.75, 3.05) is 51.2 Å². The van der Waals surface area contributed by atoms with Gasteiger partial charge in [0.1, 0.15) is 16.6 Å². The van der Waals surface area contributed by atoms with Gasteiger partial charge in [-0.1, -0.05) is 11.6 Å². The van der Waals surface area contributed by atoms with E-state index in [4.69, 9.17) is 16.3 Å². The minimum absolute atomic E-state index is 0.0256. The molecule has 0 radical (unpaired) electrons. The fourth-order valence-corrected chi connectivity index (χ4v) is 4.86. The zero-order valence-electron chi connectivity index (χ0n) is 21.8. The number of nitrogens with zero attached hydrogens (tertiary/aromatic N) is 3. The smallest absolute Gasteiger partial charge is 0.254 e. The molecule has 1 aromatic heterocycles. The second kappa shape index (κ2) is 14.0. The molecule has 2 fully saturated rings. The molecule has 204 valence electrons. The number of carbonyl (C=O) groups is 1. The number of hydrogen-bond donors (Lipinski definition) is 5. The van der Waals surface area contributed by atoms with Gasteiger partial charge in [0.25, 0.3) is 5.91 Å². The Balaban J connectivity index is 0.00000186. The number of methoxy groups -OCH3 is 1. The molecule has 1 aliphatic heterocycles. The highest BCUT2D eigenvalue weighted by atomic mass is 35.5. The number of anilines is 3. The maximum absolute atomic E-state index is 15.0. The van der Waals surface area contributed by atoms with E-state index in [-0.39, 0.29) is 23.6 Å². The van der Waals surface area contributed by atoms with Gasteiger partial charge in [-0.15, -0.1) is 0 Å². The number of piperidine rings is 1. The third-order valence-corrected chi connectivity index (χ3v) is 7.06. The molecule has 12 heteroatoms. The van der Waals surface area contributed by atoms with Crippen LogP contribution in [-0.4, -0.2) is 79.5 Å². The zero-order chi connectivity index (χ0) is 26.9. The van der Waals surface area contributed by atoms with Crippen molar-refractivity contribution in [2.45, 2.75) is 50.2 Å². The van der Waals surface area contributed by atoms with E-state index in [9.17, 15) is 9.18 Å². The number of nitrogens with one attached hydrogen (secondary N) is 4. The summed E-state index contributed by atoms with van der Waals surface area (Å²) >= 11 is 9.86. The molecule has 2 aliphatic rings. The summed E-state index contributed by atoms with van der Waals surface area (Å²) in [6.07, 6.45) is 8.06. The number of hydrogen-bond acceptors (Lipinski definition) is 9. The summed E-state index contributed by atoms with van der Waals surface area (Å²) in [5.74, 6) is -0.0679. The SMILES string of the molecule is CN[C@@H]1CCC[C@H]1Nc1nc(Nc2cc(F)c(C(=O)NC3CCN(C)CC3)cc2OC)ncc1Cl.CS. The summed E-state index contributed by atoms with van der Waals surface area (Å²) in [6, 6.07) is 3.18. The number of rotatable bonds is 8. The number of ether oxygens (including phenoxy) is 1. The number of likely N-dealkylation sites (N-methyl/N-ethyl adjacent to an activating group) is 1. The summed E-state index contributed by atoms with van der Waals surface area (Å²) in [4.78, 5) is 23.7. The minimum Gasteiger partial charge on any atom is -0.495 e. The van der Waals surface area contributed by atoms with E-state index in [2.05, 4.69) is 48.8 Å². The average Bonchev–Trinajstić information content (AvgIpc) is 3.36. The lowest BCUT2D eigenvalue weighted by molar-refractivity contribution is 0.0912. The van der Waals surface area contributed by atoms with Gasteiger partial charge in [0.05, 0.1) is 24.6 Å². The molecule has 2 atom stereocenters. The van der Waals surface area contributed by atoms with Gasteiger partial charge in [-0.3, -0.25) is 4.79 Å². The first kappa shape index (κ1) is 29.2. The maximum atomic E-state index is 15.0. The molecule has 2 aromatic rings. The van der Waals surface area contributed by atoms with E-state index in [0.29, 0.717) is 28.3 Å². The van der Waals surface area contributed by atoms with E-state index in [1.807, 2.05) is 14.1 Å². The molecule has 4 N–H and O–H groups in total. The van der Waals surface area contributed by atoms with Crippen molar-refractivity contribution in [3.8, 4) is 5.75 Å². The Kier molecular flexibility index (Phi) is 11.0. The number of thiol groups is 1. The Morgan fingerprint density at radius 1 is 1.19 bits per heavy atom. The minimum atomic E-state index is -0.658. The van der Waals surface area contributed by atoms with Crippen LogP contribution in [0.5, 0.6) is 5.75 Å². The van der Waals surface area contributed by atoms with Crippen molar-refractivity contribution in [3.63, 3.8) is 0 Å². The van der Waals surface area contributed by atoms with Crippen molar-refractivity contribution in [3.05, 3.63) is 34.7 Å². The Morgan fingerprint density at radius 3 is 2.57 bits per heavy atom. The van der Waals surface area contributed by atoms with Crippen molar-refractivity contribution in [1.82, 2.24) is 25.5 Å². The van der Waals surface area contributed by atoms with Crippen molar-refractivity contribution in [2.24, 2.45) is 0 Å². The fraction of sp³-hybridized carbons (Fsp3) is 0.560. The molecular weight excluding hydrogens is 517 g/mol. The molecule has 1 aromatic carbocycles. The first-order valence-electron chi connectivity index (χ1n) is 12.4. The van der Waals surface area contributed by atoms with Crippen molar-refractivity contribution >= 4 is 47.6 Å². The maximum Gasteiger partial charge on any atom is 0.254 e. The second-order valence-electron chi connectivity index (χ2n) is 9.18. The normalized spacial score (nSPS) is 20.1. The molecular formula is C25H37ClFN7O2S. The molecule has 1 aliphatic carbocycles. The summed E-state index contributed by atoms with van der Waals surface area (Å²) in [5.41, 5.74) is 0.244. The number of halogens is 2. The van der Waals surface area contributed by atoms with Gasteiger partial charge >= 0.3 is 0 Å². The predicted molar refractivity (Wildman–Crippen MR) is 150 cm³/mol. The lowest BCUT2D eigenvalue weighted by Crippen LogP contribution is -2.43. The highest BCUT2D eigenvalue weighted by molar-refractivity contribution is 7.79. The van der Waals surface area contributed by atoms with Crippen LogP contribution in [0.3, 0.4) is 0 Å². The number of aromatic nitrogens is 2. The molecule has 9 nitrogen and oxygen atoms in total. The Morgan fingerprint density at radius 2 is 1.89 bits per heavy atom. The van der Waals surface area contributed by atoms with Gasteiger partial charge < -0.3 is 30.9 Å². The second-order valence-corrected chi connectivity index (χ2v) is 9.58. The molecule has 1 saturated heterocycles. The molecule has 2 heterocycles. The van der Waals surface area contributed by atoms with E-state index in [0.717, 1.165) is 45.2 Å². The van der Waals surface area contributed by atoms with Crippen LogP contribution in [0.15, 0.2) is 18.3 Å². The topological polar surface area (TPSA) is 103 Å². The highest BCUT2D eigenvalue weighted by Gasteiger charge is 2.27. The number of carbonyl (C=O) groups excluding carboxylic acids is 1. The number of benzene rings is 1. The van der Waals surface area contributed by atoms with Crippen LogP contribution in [0.4, 0.5) is 21.8 Å². The Labute approximate surface area is 228 Å². The molecule has 37 heavy (non-hydrogen) atoms. The molecule has 1 saturated carbocycles. The van der Waals surface area contributed by atoms with E-state index >= 15 is 0 Å². The van der Waals surface area contributed by atoms with Crippen LogP contribution in [0.1, 0.15) is 42.5 Å². The van der Waals surface area contributed by atoms with E-state index in [1.54, 1.807) is 6.26 Å². The standard InChI is InChI=1S/C24H33ClFN7O2.CH4S/c1-27-18-5-4-6-19(18)30-22-16(25)13-28-24(32-22)31-20-12-17(26)15(11-21(20)35-3)23(34)29-14-7-9-33(2)10-8-14;1-2/h11-14,18-19,27H,4-10H2,1-3H3,(H,29,34)(H2,28,30,31,32);2H,1H3/t18-,19-;/m1./s1. The van der Waals surface area contributed by atoms with Crippen molar-refractivity contribution < 1.29 is 13.9 Å². The van der Waals surface area contributed by atoms with Gasteiger partial charge in [0.15, 0.2) is 5.82 Å². The van der Waals surface area contributed by atoms with Crippen molar-refractivity contribution in [1.29, 1.82) is 0 Å². The van der Waals surface area contributed by atoms with Crippen LogP contribution in [0.25, 0.3) is 0 Å². The van der Waals surface area contributed by atoms with Gasteiger partial charge in [-0.2, -0.15) is 17.6 Å². The molecule has 1 amide bonds. The third kappa shape index (κ3) is 7.59. The van der Waals surface area contributed by atoms with E-state index in [1.165, 1.54) is 25.4 Å². The van der Waals surface area contributed by atoms with Crippen LogP contribution < -0.4 is 26.0 Å². The quantitative estimate of drug-likeness (QED) is 0.313. The summed E-state index contributed by atoms with van der Waals surface area (Å²) in [7, 11) is 5.45. The molecule has 4 rings (SSSR count). The first-order chi connectivity index (χ1) is 17.9. The Hall–Kier alpha value is -2.34. The molecule has 0 spiro atoms. The predicted octanol–water partition coefficient (Wildman–Crippen LogP) is 3.94. The van der Waals surface area contributed by atoms with Crippen LogP contribution >= 0.6 is 24.2 Å². The van der Waals surface area contributed by atoms with Crippen LogP contribution in [-0.2, 0) is 0 Å². The average molecular weight is 554 g/mol. The monoisotopic (exact) mass is 553 g/mol. The van der Waals surface area contributed by atoms with Crippen LogP contribution in [0, 0.1) is 5.82 Å². The fourth-order valence-electron chi connectivity index (χ4n) is 4.71. The lowest BCUT2D eigenvalue weighted by atomic mass is 10.0. The number of amides is 1. The highest BCUT2D eigenvalue weighted by Crippen LogP contribution is 2.32. The van der Waals surface area contributed by atoms with Gasteiger partial charge in [-0.25, -0.2) is 9.37 Å². The van der Waals surface area contributed by atoms with Gasteiger partial charge in [0.2, 0.25) is 5.95 Å². The lowest BCUT2D eigenvalue weighted by Gasteiger charge is -2.29. The van der Waals surface area contributed by atoms with Crippen LogP contribution in [0.2, 0.25) is 5.02 Å². The molecule has 0 unspecified atom stereocenters. The van der Waals surface area contributed by atoms with Gasteiger partial charge in [-0.05, 0) is 71.6 Å². The first-order valence-corrected chi connectivity index (χ1v) is 13.7. The third-order valence-electron chi connectivity index (χ3n) is 6.79.